The first kappa shape index (κ1) is 14.2. The lowest BCUT2D eigenvalue weighted by Crippen LogP contribution is -2.15. The molecular weight excluding hydrogens is 216 g/mol. The molecule has 4 nitrogen and oxygen atoms in total. The van der Waals surface area contributed by atoms with Gasteiger partial charge in [-0.25, -0.2) is 0 Å². The van der Waals surface area contributed by atoms with Crippen molar-refractivity contribution in [2.75, 3.05) is 6.54 Å². The molecule has 0 bridgehead atoms. The highest BCUT2D eigenvalue weighted by atomic mass is 16.5. The standard InChI is InChI=1S/C13H24N2O2/c1-5-6-14-8-12-7-13(17-15-12)9-16-11(4)10(2)3/h7,10-11,14H,5-6,8-9H2,1-4H3. The Balaban J connectivity index is 2.30. The van der Waals surface area contributed by atoms with E-state index in [1.807, 2.05) is 6.07 Å². The van der Waals surface area contributed by atoms with Crippen LogP contribution in [0.2, 0.25) is 0 Å². The first-order valence-electron chi connectivity index (χ1n) is 6.40. The second kappa shape index (κ2) is 7.45. The fourth-order valence-corrected chi connectivity index (χ4v) is 1.31. The van der Waals surface area contributed by atoms with Gasteiger partial charge >= 0.3 is 0 Å². The Bertz CT molecular complexity index is 310. The van der Waals surface area contributed by atoms with E-state index in [0.29, 0.717) is 12.5 Å². The minimum atomic E-state index is 0.238. The van der Waals surface area contributed by atoms with Crippen molar-refractivity contribution >= 4 is 0 Å². The summed E-state index contributed by atoms with van der Waals surface area (Å²) >= 11 is 0. The van der Waals surface area contributed by atoms with Gasteiger partial charge in [0.05, 0.1) is 11.8 Å². The SMILES string of the molecule is CCCNCc1cc(COC(C)C(C)C)on1. The van der Waals surface area contributed by atoms with E-state index in [4.69, 9.17) is 9.26 Å². The molecular formula is C13H24N2O2. The molecule has 0 spiro atoms. The molecule has 0 aliphatic heterocycles. The van der Waals surface area contributed by atoms with Crippen molar-refractivity contribution in [1.82, 2.24) is 10.5 Å². The summed E-state index contributed by atoms with van der Waals surface area (Å²) < 4.78 is 10.9. The van der Waals surface area contributed by atoms with Gasteiger partial charge in [0, 0.05) is 12.6 Å². The summed E-state index contributed by atoms with van der Waals surface area (Å²) in [6.07, 6.45) is 1.36. The molecule has 1 aromatic rings. The Kier molecular flexibility index (Phi) is 6.22. The van der Waals surface area contributed by atoms with Crippen LogP contribution in [-0.2, 0) is 17.9 Å². The molecule has 1 N–H and O–H groups in total. The lowest BCUT2D eigenvalue weighted by molar-refractivity contribution is 0.0127. The number of nitrogens with zero attached hydrogens (tertiary/aromatic N) is 1. The van der Waals surface area contributed by atoms with Crippen LogP contribution in [0.3, 0.4) is 0 Å². The van der Waals surface area contributed by atoms with E-state index in [1.165, 1.54) is 0 Å². The Morgan fingerprint density at radius 2 is 2.18 bits per heavy atom. The van der Waals surface area contributed by atoms with Crippen LogP contribution >= 0.6 is 0 Å². The summed E-state index contributed by atoms with van der Waals surface area (Å²) in [6.45, 7) is 10.8. The second-order valence-corrected chi connectivity index (χ2v) is 4.72. The van der Waals surface area contributed by atoms with Crippen LogP contribution in [0.25, 0.3) is 0 Å². The van der Waals surface area contributed by atoms with E-state index in [-0.39, 0.29) is 6.10 Å². The molecule has 0 aromatic carbocycles. The fraction of sp³-hybridized carbons (Fsp3) is 0.769. The average molecular weight is 240 g/mol. The van der Waals surface area contributed by atoms with Gasteiger partial charge < -0.3 is 14.6 Å². The highest BCUT2D eigenvalue weighted by molar-refractivity contribution is 5.04. The maximum Gasteiger partial charge on any atom is 0.162 e. The minimum absolute atomic E-state index is 0.238. The molecule has 17 heavy (non-hydrogen) atoms. The van der Waals surface area contributed by atoms with Gasteiger partial charge in [0.1, 0.15) is 6.61 Å². The van der Waals surface area contributed by atoms with Crippen molar-refractivity contribution in [2.24, 2.45) is 5.92 Å². The maximum atomic E-state index is 5.67. The van der Waals surface area contributed by atoms with Crippen LogP contribution in [0.4, 0.5) is 0 Å². The van der Waals surface area contributed by atoms with E-state index >= 15 is 0 Å². The summed E-state index contributed by atoms with van der Waals surface area (Å²) in [4.78, 5) is 0. The third-order valence-electron chi connectivity index (χ3n) is 2.77. The first-order chi connectivity index (χ1) is 8.13. The van der Waals surface area contributed by atoms with Crippen molar-refractivity contribution in [1.29, 1.82) is 0 Å². The molecule has 0 radical (unpaired) electrons. The highest BCUT2D eigenvalue weighted by Crippen LogP contribution is 2.10. The molecule has 0 amide bonds. The largest absolute Gasteiger partial charge is 0.370 e. The molecule has 1 heterocycles. The van der Waals surface area contributed by atoms with E-state index in [2.05, 4.69) is 38.2 Å². The monoisotopic (exact) mass is 240 g/mol. The van der Waals surface area contributed by atoms with Gasteiger partial charge in [-0.15, -0.1) is 0 Å². The number of hydrogen-bond donors (Lipinski definition) is 1. The molecule has 0 aliphatic rings. The van der Waals surface area contributed by atoms with Gasteiger partial charge in [0.25, 0.3) is 0 Å². The van der Waals surface area contributed by atoms with Crippen LogP contribution in [0.5, 0.6) is 0 Å². The zero-order valence-electron chi connectivity index (χ0n) is 11.3. The van der Waals surface area contributed by atoms with Gasteiger partial charge in [-0.05, 0) is 25.8 Å². The lowest BCUT2D eigenvalue weighted by atomic mass is 10.1. The number of nitrogens with one attached hydrogen (secondary N) is 1. The third kappa shape index (κ3) is 5.33. The Labute approximate surface area is 104 Å². The fourth-order valence-electron chi connectivity index (χ4n) is 1.31. The Morgan fingerprint density at radius 1 is 1.41 bits per heavy atom. The molecule has 0 aliphatic carbocycles. The van der Waals surface area contributed by atoms with Crippen molar-refractivity contribution < 1.29 is 9.26 Å². The van der Waals surface area contributed by atoms with Gasteiger partial charge in [0.15, 0.2) is 5.76 Å². The molecule has 1 atom stereocenters. The topological polar surface area (TPSA) is 47.3 Å². The molecule has 0 saturated carbocycles. The van der Waals surface area contributed by atoms with Crippen LogP contribution in [0, 0.1) is 5.92 Å². The smallest absolute Gasteiger partial charge is 0.162 e. The summed E-state index contributed by atoms with van der Waals surface area (Å²) in [5, 5.41) is 7.28. The normalized spacial score (nSPS) is 13.2. The molecule has 4 heteroatoms. The van der Waals surface area contributed by atoms with E-state index in [1.54, 1.807) is 0 Å². The van der Waals surface area contributed by atoms with Crippen molar-refractivity contribution in [3.63, 3.8) is 0 Å². The number of aromatic nitrogens is 1. The highest BCUT2D eigenvalue weighted by Gasteiger charge is 2.10. The van der Waals surface area contributed by atoms with Crippen molar-refractivity contribution in [3.05, 3.63) is 17.5 Å². The summed E-state index contributed by atoms with van der Waals surface area (Å²) in [7, 11) is 0. The molecule has 0 saturated heterocycles. The molecule has 1 rings (SSSR count). The van der Waals surface area contributed by atoms with Gasteiger partial charge in [0.2, 0.25) is 0 Å². The second-order valence-electron chi connectivity index (χ2n) is 4.72. The number of hydrogen-bond acceptors (Lipinski definition) is 4. The van der Waals surface area contributed by atoms with Gasteiger partial charge in [-0.1, -0.05) is 25.9 Å². The van der Waals surface area contributed by atoms with E-state index < -0.39 is 0 Å². The predicted octanol–water partition coefficient (Wildman–Crippen LogP) is 2.74. The Morgan fingerprint density at radius 3 is 2.82 bits per heavy atom. The molecule has 1 unspecified atom stereocenters. The third-order valence-corrected chi connectivity index (χ3v) is 2.77. The average Bonchev–Trinajstić information content (AvgIpc) is 2.74. The van der Waals surface area contributed by atoms with Crippen LogP contribution in [-0.4, -0.2) is 17.8 Å². The van der Waals surface area contributed by atoms with Crippen LogP contribution in [0.15, 0.2) is 10.6 Å². The molecule has 98 valence electrons. The zero-order valence-corrected chi connectivity index (χ0v) is 11.3. The maximum absolute atomic E-state index is 5.67. The lowest BCUT2D eigenvalue weighted by Gasteiger charge is -2.14. The summed E-state index contributed by atoms with van der Waals surface area (Å²) in [5.74, 6) is 1.31. The Hall–Kier alpha value is -0.870. The first-order valence-corrected chi connectivity index (χ1v) is 6.40. The van der Waals surface area contributed by atoms with Crippen LogP contribution in [0.1, 0.15) is 45.6 Å². The predicted molar refractivity (Wildman–Crippen MR) is 67.6 cm³/mol. The van der Waals surface area contributed by atoms with E-state index in [0.717, 1.165) is 31.0 Å². The number of rotatable bonds is 8. The van der Waals surface area contributed by atoms with E-state index in [9.17, 15) is 0 Å². The van der Waals surface area contributed by atoms with Crippen molar-refractivity contribution in [2.45, 2.75) is 53.4 Å². The zero-order chi connectivity index (χ0) is 12.7. The molecule has 1 aromatic heterocycles. The molecule has 0 fully saturated rings. The quantitative estimate of drug-likeness (QED) is 0.710. The van der Waals surface area contributed by atoms with Gasteiger partial charge in [-0.2, -0.15) is 0 Å². The van der Waals surface area contributed by atoms with Crippen molar-refractivity contribution in [3.8, 4) is 0 Å². The minimum Gasteiger partial charge on any atom is -0.370 e. The summed E-state index contributed by atoms with van der Waals surface area (Å²) in [6, 6.07) is 1.95. The number of ether oxygens (including phenoxy) is 1. The van der Waals surface area contributed by atoms with Gasteiger partial charge in [-0.3, -0.25) is 0 Å². The van der Waals surface area contributed by atoms with Crippen LogP contribution < -0.4 is 5.32 Å². The summed E-state index contributed by atoms with van der Waals surface area (Å²) in [5.41, 5.74) is 0.939.